The van der Waals surface area contributed by atoms with Gasteiger partial charge in [-0.05, 0) is 51.3 Å². The van der Waals surface area contributed by atoms with Crippen molar-refractivity contribution in [3.05, 3.63) is 42.2 Å². The van der Waals surface area contributed by atoms with Gasteiger partial charge in [-0.25, -0.2) is 9.67 Å². The van der Waals surface area contributed by atoms with Gasteiger partial charge in [0.05, 0.1) is 28.4 Å². The number of rotatable bonds is 5. The number of nitrogens with zero attached hydrogens (tertiary/aromatic N) is 5. The number of aromatic nitrogens is 5. The van der Waals surface area contributed by atoms with Crippen molar-refractivity contribution in [2.75, 3.05) is 6.61 Å². The van der Waals surface area contributed by atoms with Crippen LogP contribution in [-0.4, -0.2) is 43.0 Å². The Morgan fingerprint density at radius 1 is 1.18 bits per heavy atom. The van der Waals surface area contributed by atoms with Gasteiger partial charge in [-0.1, -0.05) is 6.92 Å². The first-order valence-electron chi connectivity index (χ1n) is 9.80. The molecule has 3 aromatic rings. The van der Waals surface area contributed by atoms with Gasteiger partial charge in [-0.15, -0.1) is 5.10 Å². The Morgan fingerprint density at radius 2 is 1.96 bits per heavy atom. The van der Waals surface area contributed by atoms with E-state index in [0.29, 0.717) is 18.3 Å². The molecule has 0 N–H and O–H groups in total. The molecule has 1 aromatic carbocycles. The van der Waals surface area contributed by atoms with Gasteiger partial charge in [0.15, 0.2) is 5.82 Å². The lowest BCUT2D eigenvalue weighted by atomic mass is 10.0. The van der Waals surface area contributed by atoms with E-state index < -0.39 is 0 Å². The van der Waals surface area contributed by atoms with Crippen LogP contribution in [0.3, 0.4) is 0 Å². The van der Waals surface area contributed by atoms with Gasteiger partial charge in [0.25, 0.3) is 0 Å². The maximum Gasteiger partial charge on any atom is 0.177 e. The lowest BCUT2D eigenvalue weighted by Gasteiger charge is -2.17. The van der Waals surface area contributed by atoms with Crippen molar-refractivity contribution < 1.29 is 9.47 Å². The van der Waals surface area contributed by atoms with Crippen molar-refractivity contribution in [1.82, 2.24) is 24.7 Å². The molecule has 1 aliphatic rings. The maximum absolute atomic E-state index is 5.92. The van der Waals surface area contributed by atoms with Gasteiger partial charge >= 0.3 is 0 Å². The van der Waals surface area contributed by atoms with Gasteiger partial charge in [0, 0.05) is 25.4 Å². The van der Waals surface area contributed by atoms with Gasteiger partial charge in [-0.2, -0.15) is 0 Å². The third kappa shape index (κ3) is 4.20. The summed E-state index contributed by atoms with van der Waals surface area (Å²) in [6.45, 7) is 9.50. The fourth-order valence-electron chi connectivity index (χ4n) is 3.35. The molecule has 4 rings (SSSR count). The molecule has 0 bridgehead atoms. The van der Waals surface area contributed by atoms with Crippen LogP contribution in [0.15, 0.2) is 30.6 Å². The second-order valence-corrected chi connectivity index (χ2v) is 8.37. The van der Waals surface area contributed by atoms with Crippen molar-refractivity contribution in [3.63, 3.8) is 0 Å². The Morgan fingerprint density at radius 3 is 2.68 bits per heavy atom. The average Bonchev–Trinajstić information content (AvgIpc) is 3.26. The molecular weight excluding hydrogens is 354 g/mol. The lowest BCUT2D eigenvalue weighted by Crippen LogP contribution is -2.19. The van der Waals surface area contributed by atoms with Crippen molar-refractivity contribution in [1.29, 1.82) is 0 Å². The molecule has 2 aromatic heterocycles. The SMILES string of the molecule is CC1CCOC1Cc1nc(COC(C)(C)C)nn1-c1ccc2nccnc2c1. The third-order valence-corrected chi connectivity index (χ3v) is 4.97. The van der Waals surface area contributed by atoms with Gasteiger partial charge in [0.2, 0.25) is 0 Å². The molecular formula is C21H27N5O2. The monoisotopic (exact) mass is 381 g/mol. The predicted molar refractivity (Wildman–Crippen MR) is 106 cm³/mol. The van der Waals surface area contributed by atoms with Crippen LogP contribution in [0.4, 0.5) is 0 Å². The number of ether oxygens (including phenoxy) is 2. The van der Waals surface area contributed by atoms with E-state index in [0.717, 1.165) is 42.0 Å². The molecule has 1 saturated heterocycles. The summed E-state index contributed by atoms with van der Waals surface area (Å²) < 4.78 is 13.7. The molecule has 7 heteroatoms. The normalized spacial score (nSPS) is 20.1. The van der Waals surface area contributed by atoms with Crippen LogP contribution in [0, 0.1) is 5.92 Å². The van der Waals surface area contributed by atoms with Crippen LogP contribution >= 0.6 is 0 Å². The summed E-state index contributed by atoms with van der Waals surface area (Å²) in [5.41, 5.74) is 2.37. The van der Waals surface area contributed by atoms with E-state index in [1.54, 1.807) is 12.4 Å². The molecule has 2 unspecified atom stereocenters. The number of benzene rings is 1. The van der Waals surface area contributed by atoms with E-state index >= 15 is 0 Å². The minimum absolute atomic E-state index is 0.166. The van der Waals surface area contributed by atoms with E-state index in [1.807, 2.05) is 43.7 Å². The highest BCUT2D eigenvalue weighted by Crippen LogP contribution is 2.25. The highest BCUT2D eigenvalue weighted by Gasteiger charge is 2.27. The summed E-state index contributed by atoms with van der Waals surface area (Å²) in [6, 6.07) is 5.96. The van der Waals surface area contributed by atoms with E-state index in [4.69, 9.17) is 19.6 Å². The molecule has 28 heavy (non-hydrogen) atoms. The predicted octanol–water partition coefficient (Wildman–Crippen LogP) is 3.49. The summed E-state index contributed by atoms with van der Waals surface area (Å²) in [6.07, 6.45) is 5.38. The van der Waals surface area contributed by atoms with E-state index in [9.17, 15) is 0 Å². The fourth-order valence-corrected chi connectivity index (χ4v) is 3.35. The molecule has 1 fully saturated rings. The summed E-state index contributed by atoms with van der Waals surface area (Å²) in [4.78, 5) is 13.5. The molecule has 0 spiro atoms. The van der Waals surface area contributed by atoms with Crippen molar-refractivity contribution in [2.45, 2.75) is 58.8 Å². The van der Waals surface area contributed by atoms with Crippen molar-refractivity contribution in [3.8, 4) is 5.69 Å². The molecule has 0 amide bonds. The Balaban J connectivity index is 1.68. The zero-order valence-electron chi connectivity index (χ0n) is 16.9. The van der Waals surface area contributed by atoms with E-state index in [2.05, 4.69) is 16.9 Å². The molecule has 0 aliphatic carbocycles. The second-order valence-electron chi connectivity index (χ2n) is 8.37. The molecule has 3 heterocycles. The third-order valence-electron chi connectivity index (χ3n) is 4.97. The summed E-state index contributed by atoms with van der Waals surface area (Å²) in [5.74, 6) is 2.08. The summed E-state index contributed by atoms with van der Waals surface area (Å²) in [7, 11) is 0. The molecule has 2 atom stereocenters. The number of fused-ring (bicyclic) bond motifs is 1. The summed E-state index contributed by atoms with van der Waals surface area (Å²) >= 11 is 0. The first-order chi connectivity index (χ1) is 13.4. The smallest absolute Gasteiger partial charge is 0.177 e. The molecule has 7 nitrogen and oxygen atoms in total. The van der Waals surface area contributed by atoms with Crippen LogP contribution in [0.25, 0.3) is 16.7 Å². The minimum atomic E-state index is -0.243. The van der Waals surface area contributed by atoms with Crippen LogP contribution in [-0.2, 0) is 22.5 Å². The van der Waals surface area contributed by atoms with E-state index in [1.165, 1.54) is 0 Å². The largest absolute Gasteiger partial charge is 0.377 e. The Hall–Kier alpha value is -2.38. The van der Waals surface area contributed by atoms with Gasteiger partial charge in [0.1, 0.15) is 12.4 Å². The fraction of sp³-hybridized carbons (Fsp3) is 0.524. The quantitative estimate of drug-likeness (QED) is 0.673. The molecule has 148 valence electrons. The number of hydrogen-bond acceptors (Lipinski definition) is 6. The Labute approximate surface area is 165 Å². The van der Waals surface area contributed by atoms with Gasteiger partial charge < -0.3 is 9.47 Å². The molecule has 1 aliphatic heterocycles. The van der Waals surface area contributed by atoms with Crippen LogP contribution in [0.2, 0.25) is 0 Å². The van der Waals surface area contributed by atoms with Gasteiger partial charge in [-0.3, -0.25) is 9.97 Å². The number of hydrogen-bond donors (Lipinski definition) is 0. The highest BCUT2D eigenvalue weighted by atomic mass is 16.5. The summed E-state index contributed by atoms with van der Waals surface area (Å²) in [5, 5.41) is 4.73. The Bertz CT molecular complexity index is 963. The second kappa shape index (κ2) is 7.56. The highest BCUT2D eigenvalue weighted by molar-refractivity contribution is 5.76. The van der Waals surface area contributed by atoms with Crippen LogP contribution in [0.5, 0.6) is 0 Å². The average molecular weight is 381 g/mol. The van der Waals surface area contributed by atoms with Crippen molar-refractivity contribution in [2.24, 2.45) is 5.92 Å². The Kier molecular flexibility index (Phi) is 5.12. The lowest BCUT2D eigenvalue weighted by molar-refractivity contribution is -0.0181. The molecule has 0 radical (unpaired) electrons. The minimum Gasteiger partial charge on any atom is -0.377 e. The van der Waals surface area contributed by atoms with E-state index in [-0.39, 0.29) is 11.7 Å². The van der Waals surface area contributed by atoms with Crippen molar-refractivity contribution >= 4 is 11.0 Å². The zero-order valence-corrected chi connectivity index (χ0v) is 16.9. The topological polar surface area (TPSA) is 75.0 Å². The van der Waals surface area contributed by atoms with Crippen LogP contribution in [0.1, 0.15) is 45.8 Å². The maximum atomic E-state index is 5.92. The van der Waals surface area contributed by atoms with Crippen LogP contribution < -0.4 is 0 Å². The standard InChI is InChI=1S/C21H27N5O2/c1-14-7-10-27-18(14)12-20-24-19(13-28-21(2,3)4)25-26(20)15-5-6-16-17(11-15)23-9-8-22-16/h5-6,8-9,11,14,18H,7,10,12-13H2,1-4H3. The zero-order chi connectivity index (χ0) is 19.7. The molecule has 0 saturated carbocycles. The first-order valence-corrected chi connectivity index (χ1v) is 9.80. The first kappa shape index (κ1) is 19.0.